The zero-order chi connectivity index (χ0) is 13.9. The average molecular weight is 264 g/mol. The largest absolute Gasteiger partial charge is 0.495 e. The first-order chi connectivity index (χ1) is 9.10. The lowest BCUT2D eigenvalue weighted by Gasteiger charge is -2.15. The van der Waals surface area contributed by atoms with E-state index in [9.17, 15) is 4.79 Å². The van der Waals surface area contributed by atoms with E-state index < -0.39 is 0 Å². The fourth-order valence-corrected chi connectivity index (χ4v) is 2.15. The van der Waals surface area contributed by atoms with Crippen molar-refractivity contribution in [3.05, 3.63) is 23.8 Å². The van der Waals surface area contributed by atoms with Crippen molar-refractivity contribution in [1.82, 2.24) is 5.32 Å². The quantitative estimate of drug-likeness (QED) is 0.673. The number of carbonyl (C=O) groups is 1. The molecular weight excluding hydrogens is 244 g/mol. The Bertz CT molecular complexity index is 470. The molecule has 5 nitrogen and oxygen atoms in total. The van der Waals surface area contributed by atoms with Gasteiger partial charge in [-0.05, 0) is 42.9 Å². The van der Waals surface area contributed by atoms with E-state index in [-0.39, 0.29) is 17.9 Å². The van der Waals surface area contributed by atoms with Gasteiger partial charge in [-0.2, -0.15) is 0 Å². The first kappa shape index (κ1) is 13.7. The first-order valence-electron chi connectivity index (χ1n) is 6.43. The van der Waals surface area contributed by atoms with Gasteiger partial charge in [0.15, 0.2) is 0 Å². The molecule has 0 radical (unpaired) electrons. The molecule has 1 aliphatic carbocycles. The Labute approximate surface area is 112 Å². The van der Waals surface area contributed by atoms with Crippen LogP contribution in [-0.2, 0) is 0 Å². The molecule has 1 fully saturated rings. The van der Waals surface area contributed by atoms with Gasteiger partial charge in [0.1, 0.15) is 5.75 Å². The number of hydrogen-bond acceptors (Lipinski definition) is 4. The van der Waals surface area contributed by atoms with E-state index >= 15 is 0 Å². The standard InChI is InChI=1S/C14H20N2O3/c1-19-12-8-10(2-3-11(12)15)13(18)16-9-14(4-5-14)6-7-17/h2-3,8,17H,4-7,9,15H2,1H3,(H,16,18). The van der Waals surface area contributed by atoms with Crippen molar-refractivity contribution < 1.29 is 14.6 Å². The summed E-state index contributed by atoms with van der Waals surface area (Å²) in [5.41, 5.74) is 6.87. The number of nitrogens with two attached hydrogens (primary N) is 1. The Hall–Kier alpha value is -1.75. The van der Waals surface area contributed by atoms with Crippen molar-refractivity contribution >= 4 is 11.6 Å². The van der Waals surface area contributed by atoms with Crippen LogP contribution in [0, 0.1) is 5.41 Å². The van der Waals surface area contributed by atoms with Crippen LogP contribution >= 0.6 is 0 Å². The molecule has 5 heteroatoms. The van der Waals surface area contributed by atoms with Crippen molar-refractivity contribution in [2.45, 2.75) is 19.3 Å². The summed E-state index contributed by atoms with van der Waals surface area (Å²) < 4.78 is 5.09. The van der Waals surface area contributed by atoms with Gasteiger partial charge in [-0.25, -0.2) is 0 Å². The summed E-state index contributed by atoms with van der Waals surface area (Å²) >= 11 is 0. The summed E-state index contributed by atoms with van der Waals surface area (Å²) in [7, 11) is 1.52. The molecule has 0 unspecified atom stereocenters. The highest BCUT2D eigenvalue weighted by Crippen LogP contribution is 2.47. The highest BCUT2D eigenvalue weighted by atomic mass is 16.5. The van der Waals surface area contributed by atoms with Crippen LogP contribution in [0.2, 0.25) is 0 Å². The van der Waals surface area contributed by atoms with Crippen molar-refractivity contribution in [1.29, 1.82) is 0 Å². The zero-order valence-electron chi connectivity index (χ0n) is 11.1. The van der Waals surface area contributed by atoms with Crippen LogP contribution in [0.4, 0.5) is 5.69 Å². The molecule has 0 aromatic heterocycles. The van der Waals surface area contributed by atoms with Gasteiger partial charge in [-0.3, -0.25) is 4.79 Å². The number of benzene rings is 1. The normalized spacial score (nSPS) is 15.9. The number of hydrogen-bond donors (Lipinski definition) is 3. The minimum absolute atomic E-state index is 0.113. The lowest BCUT2D eigenvalue weighted by atomic mass is 10.0. The number of anilines is 1. The van der Waals surface area contributed by atoms with Gasteiger partial charge in [0, 0.05) is 18.7 Å². The van der Waals surface area contributed by atoms with Gasteiger partial charge in [-0.1, -0.05) is 0 Å². The average Bonchev–Trinajstić information content (AvgIpc) is 3.17. The molecule has 1 saturated carbocycles. The van der Waals surface area contributed by atoms with Crippen molar-refractivity contribution in [3.63, 3.8) is 0 Å². The molecule has 2 rings (SSSR count). The Balaban J connectivity index is 1.96. The van der Waals surface area contributed by atoms with Gasteiger partial charge >= 0.3 is 0 Å². The Morgan fingerprint density at radius 2 is 2.26 bits per heavy atom. The molecule has 0 saturated heterocycles. The summed E-state index contributed by atoms with van der Waals surface area (Å²) in [6, 6.07) is 4.98. The molecule has 0 aliphatic heterocycles. The Kier molecular flexibility index (Phi) is 3.95. The van der Waals surface area contributed by atoms with Crippen LogP contribution in [0.15, 0.2) is 18.2 Å². The molecule has 1 amide bonds. The molecular formula is C14H20N2O3. The number of nitrogens with one attached hydrogen (secondary N) is 1. The van der Waals surface area contributed by atoms with Gasteiger partial charge < -0.3 is 20.9 Å². The molecule has 0 heterocycles. The second-order valence-corrected chi connectivity index (χ2v) is 5.11. The van der Waals surface area contributed by atoms with E-state index in [4.69, 9.17) is 15.6 Å². The van der Waals surface area contributed by atoms with E-state index in [1.165, 1.54) is 7.11 Å². The summed E-state index contributed by atoms with van der Waals surface area (Å²) in [4.78, 5) is 12.0. The summed E-state index contributed by atoms with van der Waals surface area (Å²) in [5, 5.41) is 11.9. The van der Waals surface area contributed by atoms with Gasteiger partial charge in [0.05, 0.1) is 12.8 Å². The maximum atomic E-state index is 12.0. The van der Waals surface area contributed by atoms with Crippen LogP contribution in [0.1, 0.15) is 29.6 Å². The predicted octanol–water partition coefficient (Wildman–Crippen LogP) is 1.17. The Morgan fingerprint density at radius 3 is 2.84 bits per heavy atom. The second-order valence-electron chi connectivity index (χ2n) is 5.11. The molecule has 0 bridgehead atoms. The van der Waals surface area contributed by atoms with E-state index in [0.717, 1.165) is 19.3 Å². The number of aliphatic hydroxyl groups excluding tert-OH is 1. The number of amides is 1. The van der Waals surface area contributed by atoms with Crippen LogP contribution < -0.4 is 15.8 Å². The first-order valence-corrected chi connectivity index (χ1v) is 6.43. The predicted molar refractivity (Wildman–Crippen MR) is 73.1 cm³/mol. The number of methoxy groups -OCH3 is 1. The minimum atomic E-state index is -0.137. The topological polar surface area (TPSA) is 84.6 Å². The molecule has 104 valence electrons. The maximum absolute atomic E-state index is 12.0. The smallest absolute Gasteiger partial charge is 0.251 e. The highest BCUT2D eigenvalue weighted by molar-refractivity contribution is 5.95. The highest BCUT2D eigenvalue weighted by Gasteiger charge is 2.41. The monoisotopic (exact) mass is 264 g/mol. The molecule has 1 aromatic carbocycles. The summed E-state index contributed by atoms with van der Waals surface area (Å²) in [6.07, 6.45) is 2.89. The van der Waals surface area contributed by atoms with Crippen LogP contribution in [0.5, 0.6) is 5.75 Å². The van der Waals surface area contributed by atoms with E-state index in [2.05, 4.69) is 5.32 Å². The van der Waals surface area contributed by atoms with Crippen molar-refractivity contribution in [3.8, 4) is 5.75 Å². The molecule has 0 atom stereocenters. The third kappa shape index (κ3) is 3.17. The van der Waals surface area contributed by atoms with Crippen molar-refractivity contribution in [2.75, 3.05) is 26.0 Å². The number of aliphatic hydroxyl groups is 1. The third-order valence-corrected chi connectivity index (χ3v) is 3.72. The molecule has 1 aliphatic rings. The zero-order valence-corrected chi connectivity index (χ0v) is 11.1. The maximum Gasteiger partial charge on any atom is 0.251 e. The molecule has 4 N–H and O–H groups in total. The number of ether oxygens (including phenoxy) is 1. The van der Waals surface area contributed by atoms with Crippen LogP contribution in [0.3, 0.4) is 0 Å². The molecule has 1 aromatic rings. The molecule has 19 heavy (non-hydrogen) atoms. The lowest BCUT2D eigenvalue weighted by Crippen LogP contribution is -2.30. The number of rotatable bonds is 6. The summed E-state index contributed by atoms with van der Waals surface area (Å²) in [6.45, 7) is 0.782. The van der Waals surface area contributed by atoms with Crippen molar-refractivity contribution in [2.24, 2.45) is 5.41 Å². The number of nitrogen functional groups attached to an aromatic ring is 1. The van der Waals surface area contributed by atoms with Crippen LogP contribution in [0.25, 0.3) is 0 Å². The van der Waals surface area contributed by atoms with Crippen LogP contribution in [-0.4, -0.2) is 31.3 Å². The van der Waals surface area contributed by atoms with Gasteiger partial charge in [0.2, 0.25) is 0 Å². The number of carbonyl (C=O) groups excluding carboxylic acids is 1. The van der Waals surface area contributed by atoms with E-state index in [1.54, 1.807) is 18.2 Å². The van der Waals surface area contributed by atoms with Gasteiger partial charge in [0.25, 0.3) is 5.91 Å². The SMILES string of the molecule is COc1cc(C(=O)NCC2(CCO)CC2)ccc1N. The second kappa shape index (κ2) is 5.48. The fourth-order valence-electron chi connectivity index (χ4n) is 2.15. The molecule has 0 spiro atoms. The minimum Gasteiger partial charge on any atom is -0.495 e. The van der Waals surface area contributed by atoms with Gasteiger partial charge in [-0.15, -0.1) is 0 Å². The lowest BCUT2D eigenvalue weighted by molar-refractivity contribution is 0.0940. The summed E-state index contributed by atoms with van der Waals surface area (Å²) in [5.74, 6) is 0.367. The van der Waals surface area contributed by atoms with E-state index in [1.807, 2.05) is 0 Å². The third-order valence-electron chi connectivity index (χ3n) is 3.72. The van der Waals surface area contributed by atoms with E-state index in [0.29, 0.717) is 23.5 Å². The fraction of sp³-hybridized carbons (Fsp3) is 0.500. The Morgan fingerprint density at radius 1 is 1.53 bits per heavy atom.